The number of nitrogens with zero attached hydrogens (tertiary/aromatic N) is 1. The van der Waals surface area contributed by atoms with Gasteiger partial charge in [-0.3, -0.25) is 9.79 Å². The summed E-state index contributed by atoms with van der Waals surface area (Å²) >= 11 is 0. The molecule has 1 saturated heterocycles. The van der Waals surface area contributed by atoms with E-state index < -0.39 is 0 Å². The maximum Gasteiger partial charge on any atom is 0.306 e. The van der Waals surface area contributed by atoms with Crippen molar-refractivity contribution < 1.29 is 14.3 Å². The van der Waals surface area contributed by atoms with Crippen LogP contribution in [0.2, 0.25) is 0 Å². The van der Waals surface area contributed by atoms with Crippen LogP contribution in [-0.2, 0) is 14.3 Å². The van der Waals surface area contributed by atoms with Gasteiger partial charge in [0.1, 0.15) is 5.60 Å². The Hall–Kier alpha value is -0.570. The van der Waals surface area contributed by atoms with E-state index in [9.17, 15) is 4.79 Å². The van der Waals surface area contributed by atoms with Crippen LogP contribution < -0.4 is 10.6 Å². The second-order valence-electron chi connectivity index (χ2n) is 9.70. The molecule has 1 aliphatic heterocycles. The first-order chi connectivity index (χ1) is 13.1. The van der Waals surface area contributed by atoms with E-state index in [2.05, 4.69) is 31.4 Å². The predicted octanol–water partition coefficient (Wildman–Crippen LogP) is 4.27. The number of hydrogen-bond acceptors (Lipinski definition) is 4. The summed E-state index contributed by atoms with van der Waals surface area (Å²) in [4.78, 5) is 16.5. The number of fused-ring (bicyclic) bond motifs is 1. The van der Waals surface area contributed by atoms with Crippen LogP contribution in [0.25, 0.3) is 0 Å². The minimum Gasteiger partial charge on any atom is -0.460 e. The van der Waals surface area contributed by atoms with Crippen molar-refractivity contribution in [2.75, 3.05) is 19.7 Å². The van der Waals surface area contributed by atoms with Crippen molar-refractivity contribution in [3.63, 3.8) is 0 Å². The fourth-order valence-electron chi connectivity index (χ4n) is 4.40. The number of rotatable bonds is 9. The van der Waals surface area contributed by atoms with Gasteiger partial charge in [-0.25, -0.2) is 0 Å². The summed E-state index contributed by atoms with van der Waals surface area (Å²) in [5, 5.41) is 7.03. The Morgan fingerprint density at radius 2 is 1.90 bits per heavy atom. The monoisotopic (exact) mass is 523 g/mol. The van der Waals surface area contributed by atoms with E-state index in [0.29, 0.717) is 24.5 Å². The third-order valence-corrected chi connectivity index (χ3v) is 5.72. The van der Waals surface area contributed by atoms with Crippen LogP contribution >= 0.6 is 24.0 Å². The maximum atomic E-state index is 11.7. The van der Waals surface area contributed by atoms with Crippen molar-refractivity contribution in [1.29, 1.82) is 0 Å². The van der Waals surface area contributed by atoms with Gasteiger partial charge >= 0.3 is 5.97 Å². The first kappa shape index (κ1) is 26.5. The molecule has 0 spiro atoms. The second-order valence-corrected chi connectivity index (χ2v) is 9.70. The number of halogens is 1. The van der Waals surface area contributed by atoms with Crippen molar-refractivity contribution in [3.05, 3.63) is 0 Å². The fourth-order valence-corrected chi connectivity index (χ4v) is 4.40. The second kappa shape index (κ2) is 11.7. The molecule has 1 heterocycles. The minimum absolute atomic E-state index is 0. The Bertz CT molecular complexity index is 546. The van der Waals surface area contributed by atoms with Gasteiger partial charge < -0.3 is 20.1 Å². The molecule has 0 aromatic heterocycles. The van der Waals surface area contributed by atoms with Gasteiger partial charge in [-0.2, -0.15) is 0 Å². The zero-order chi connectivity index (χ0) is 20.8. The standard InChI is InChI=1S/C22H41N3O3.HI/c1-7-23-20(25-18-16-13-15-27-19(16)22(18,5)6)24-14-11-9-8-10-12-17(26)28-21(2,3)4;/h16,18-19H,7-15H2,1-6H3,(H2,23,24,25);1H. The molecular weight excluding hydrogens is 481 g/mol. The Morgan fingerprint density at radius 3 is 2.55 bits per heavy atom. The van der Waals surface area contributed by atoms with Crippen molar-refractivity contribution in [3.8, 4) is 0 Å². The third kappa shape index (κ3) is 7.89. The Kier molecular flexibility index (Phi) is 10.7. The van der Waals surface area contributed by atoms with Gasteiger partial charge in [0.05, 0.1) is 6.10 Å². The number of ether oxygens (including phenoxy) is 2. The summed E-state index contributed by atoms with van der Waals surface area (Å²) in [5.74, 6) is 1.42. The van der Waals surface area contributed by atoms with Gasteiger partial charge in [-0.05, 0) is 47.0 Å². The lowest BCUT2D eigenvalue weighted by Crippen LogP contribution is -2.67. The molecule has 1 saturated carbocycles. The molecule has 6 nitrogen and oxygen atoms in total. The minimum atomic E-state index is -0.388. The summed E-state index contributed by atoms with van der Waals surface area (Å²) in [6, 6.07) is 0.423. The summed E-state index contributed by atoms with van der Waals surface area (Å²) < 4.78 is 11.2. The topological polar surface area (TPSA) is 72.0 Å². The van der Waals surface area contributed by atoms with E-state index in [1.165, 1.54) is 0 Å². The summed E-state index contributed by atoms with van der Waals surface area (Å²) in [5.41, 5.74) is -0.236. The number of carbonyl (C=O) groups excluding carboxylic acids is 1. The lowest BCUT2D eigenvalue weighted by molar-refractivity contribution is -0.154. The highest BCUT2D eigenvalue weighted by molar-refractivity contribution is 14.0. The quantitative estimate of drug-likeness (QED) is 0.155. The molecule has 3 unspecified atom stereocenters. The molecule has 2 aliphatic rings. The molecule has 0 amide bonds. The van der Waals surface area contributed by atoms with Crippen molar-refractivity contribution in [1.82, 2.24) is 10.6 Å². The van der Waals surface area contributed by atoms with Gasteiger partial charge in [-0.1, -0.05) is 26.7 Å². The summed E-state index contributed by atoms with van der Waals surface area (Å²) in [7, 11) is 0. The van der Waals surface area contributed by atoms with E-state index in [1.807, 2.05) is 20.8 Å². The highest BCUT2D eigenvalue weighted by Gasteiger charge is 2.59. The number of hydrogen-bond donors (Lipinski definition) is 2. The largest absolute Gasteiger partial charge is 0.460 e. The number of esters is 1. The first-order valence-electron chi connectivity index (χ1n) is 11.0. The zero-order valence-electron chi connectivity index (χ0n) is 19.2. The van der Waals surface area contributed by atoms with Crippen LogP contribution in [-0.4, -0.2) is 49.4 Å². The molecule has 0 bridgehead atoms. The average molecular weight is 524 g/mol. The average Bonchev–Trinajstić information content (AvgIpc) is 3.04. The van der Waals surface area contributed by atoms with Gasteiger partial charge in [-0.15, -0.1) is 24.0 Å². The van der Waals surface area contributed by atoms with Crippen LogP contribution in [0.3, 0.4) is 0 Å². The highest BCUT2D eigenvalue weighted by atomic mass is 127. The molecule has 3 atom stereocenters. The molecule has 2 rings (SSSR count). The number of unbranched alkanes of at least 4 members (excludes halogenated alkanes) is 3. The van der Waals surface area contributed by atoms with E-state index in [0.717, 1.165) is 57.8 Å². The lowest BCUT2D eigenvalue weighted by atomic mass is 9.57. The Morgan fingerprint density at radius 1 is 1.21 bits per heavy atom. The molecule has 1 aliphatic carbocycles. The van der Waals surface area contributed by atoms with Crippen LogP contribution in [0.1, 0.15) is 80.1 Å². The van der Waals surface area contributed by atoms with Gasteiger partial charge in [0.15, 0.2) is 5.96 Å². The van der Waals surface area contributed by atoms with Crippen molar-refractivity contribution in [2.45, 2.75) is 97.8 Å². The molecule has 29 heavy (non-hydrogen) atoms. The Labute approximate surface area is 194 Å². The van der Waals surface area contributed by atoms with E-state index in [1.54, 1.807) is 0 Å². The van der Waals surface area contributed by atoms with Crippen LogP contribution in [0, 0.1) is 11.3 Å². The van der Waals surface area contributed by atoms with Gasteiger partial charge in [0.2, 0.25) is 0 Å². The third-order valence-electron chi connectivity index (χ3n) is 5.72. The number of carbonyl (C=O) groups is 1. The van der Waals surface area contributed by atoms with E-state index in [4.69, 9.17) is 14.5 Å². The van der Waals surface area contributed by atoms with E-state index >= 15 is 0 Å². The SMILES string of the molecule is CCNC(=NCCCCCCC(=O)OC(C)(C)C)NC1C2CCOC2C1(C)C.I. The van der Waals surface area contributed by atoms with Crippen LogP contribution in [0.5, 0.6) is 0 Å². The molecule has 7 heteroatoms. The molecule has 0 radical (unpaired) electrons. The number of guanidine groups is 1. The molecule has 0 aromatic rings. The molecule has 2 N–H and O–H groups in total. The number of aliphatic imine (C=N–C) groups is 1. The Balaban J connectivity index is 0.00000420. The first-order valence-corrected chi connectivity index (χ1v) is 11.0. The molecule has 0 aromatic carbocycles. The van der Waals surface area contributed by atoms with Gasteiger partial charge in [0, 0.05) is 43.5 Å². The van der Waals surface area contributed by atoms with Gasteiger partial charge in [0.25, 0.3) is 0 Å². The van der Waals surface area contributed by atoms with Crippen LogP contribution in [0.4, 0.5) is 0 Å². The highest BCUT2D eigenvalue weighted by Crippen LogP contribution is 2.52. The van der Waals surface area contributed by atoms with Crippen molar-refractivity contribution >= 4 is 35.9 Å². The molecular formula is C22H42IN3O3. The summed E-state index contributed by atoms with van der Waals surface area (Å²) in [6.07, 6.45) is 6.08. The molecule has 2 fully saturated rings. The van der Waals surface area contributed by atoms with E-state index in [-0.39, 0.29) is 41.0 Å². The molecule has 170 valence electrons. The predicted molar refractivity (Wildman–Crippen MR) is 129 cm³/mol. The lowest BCUT2D eigenvalue weighted by Gasteiger charge is -2.54. The van der Waals surface area contributed by atoms with Crippen LogP contribution in [0.15, 0.2) is 4.99 Å². The van der Waals surface area contributed by atoms with Crippen molar-refractivity contribution in [2.24, 2.45) is 16.3 Å². The number of nitrogens with one attached hydrogen (secondary N) is 2. The normalized spacial score (nSPS) is 25.4. The summed E-state index contributed by atoms with van der Waals surface area (Å²) in [6.45, 7) is 14.9. The maximum absolute atomic E-state index is 11.7. The smallest absolute Gasteiger partial charge is 0.306 e. The zero-order valence-corrected chi connectivity index (χ0v) is 21.5. The fraction of sp³-hybridized carbons (Fsp3) is 0.909.